The van der Waals surface area contributed by atoms with Crippen LogP contribution in [0.1, 0.15) is 0 Å². The van der Waals surface area contributed by atoms with Crippen LogP contribution in [0, 0.1) is 0 Å². The molecule has 0 atom stereocenters. The Labute approximate surface area is 166 Å². The summed E-state index contributed by atoms with van der Waals surface area (Å²) in [5, 5.41) is 2.47. The minimum absolute atomic E-state index is 1.22. The Kier molecular flexibility index (Phi) is 4.98. The number of rotatable bonds is 4. The van der Waals surface area contributed by atoms with Gasteiger partial charge in [-0.3, -0.25) is 0 Å². The van der Waals surface area contributed by atoms with Gasteiger partial charge in [-0.05, 0) is 39.2 Å². The lowest BCUT2D eigenvalue weighted by Gasteiger charge is -2.21. The first-order valence-electron chi connectivity index (χ1n) is 9.15. The molecule has 0 spiro atoms. The van der Waals surface area contributed by atoms with Gasteiger partial charge in [0.15, 0.2) is 0 Å². The van der Waals surface area contributed by atoms with Crippen LogP contribution in [-0.2, 0) is 0 Å². The fourth-order valence-corrected chi connectivity index (χ4v) is 6.05. The number of hydrogen-bond donors (Lipinski definition) is 0. The SMILES string of the molecule is C[Si](Cl)(c1ccc(-c2ccccc2)cc1)c1ccc(-c2ccccc2)cc1. The molecule has 0 aromatic heterocycles. The quantitative estimate of drug-likeness (QED) is 0.301. The molecule has 0 aliphatic rings. The van der Waals surface area contributed by atoms with Crippen LogP contribution in [0.2, 0.25) is 6.55 Å². The molecule has 4 aromatic carbocycles. The van der Waals surface area contributed by atoms with Gasteiger partial charge < -0.3 is 0 Å². The molecule has 0 radical (unpaired) electrons. The van der Waals surface area contributed by atoms with Gasteiger partial charge in [0.05, 0.1) is 0 Å². The van der Waals surface area contributed by atoms with Crippen molar-refractivity contribution in [1.82, 2.24) is 0 Å². The topological polar surface area (TPSA) is 0 Å². The molecule has 0 fully saturated rings. The summed E-state index contributed by atoms with van der Waals surface area (Å²) in [6.45, 7) is 2.20. The molecule has 0 heterocycles. The van der Waals surface area contributed by atoms with Crippen LogP contribution in [0.4, 0.5) is 0 Å². The Hall–Kier alpha value is -2.61. The second kappa shape index (κ2) is 7.56. The lowest BCUT2D eigenvalue weighted by molar-refractivity contribution is 1.62. The molecule has 4 rings (SSSR count). The third kappa shape index (κ3) is 3.75. The summed E-state index contributed by atoms with van der Waals surface area (Å²) in [6, 6.07) is 38.3. The average molecular weight is 385 g/mol. The monoisotopic (exact) mass is 384 g/mol. The highest BCUT2D eigenvalue weighted by Gasteiger charge is 2.29. The molecule has 0 nitrogen and oxygen atoms in total. The summed E-state index contributed by atoms with van der Waals surface area (Å²) in [7, 11) is -2.23. The van der Waals surface area contributed by atoms with Crippen molar-refractivity contribution in [3.8, 4) is 22.3 Å². The molecule has 0 aliphatic heterocycles. The smallest absolute Gasteiger partial charge is 0.155 e. The molecule has 2 heteroatoms. The predicted octanol–water partition coefficient (Wildman–Crippen LogP) is 5.95. The van der Waals surface area contributed by atoms with Gasteiger partial charge in [-0.1, -0.05) is 109 Å². The summed E-state index contributed by atoms with van der Waals surface area (Å²) in [5.74, 6) is 0. The first-order chi connectivity index (χ1) is 13.1. The molecule has 0 bridgehead atoms. The van der Waals surface area contributed by atoms with Crippen molar-refractivity contribution in [1.29, 1.82) is 0 Å². The van der Waals surface area contributed by atoms with E-state index >= 15 is 0 Å². The Morgan fingerprint density at radius 2 is 0.741 bits per heavy atom. The first-order valence-corrected chi connectivity index (χ1v) is 12.7. The third-order valence-electron chi connectivity index (χ3n) is 5.07. The molecule has 0 amide bonds. The zero-order chi connectivity index (χ0) is 18.7. The Balaban J connectivity index is 1.61. The van der Waals surface area contributed by atoms with Crippen molar-refractivity contribution < 1.29 is 0 Å². The summed E-state index contributed by atoms with van der Waals surface area (Å²) >= 11 is 7.12. The maximum atomic E-state index is 7.12. The molecule has 132 valence electrons. The molecule has 0 saturated heterocycles. The highest BCUT2D eigenvalue weighted by atomic mass is 35.6. The highest BCUT2D eigenvalue weighted by molar-refractivity contribution is 7.33. The van der Waals surface area contributed by atoms with Crippen molar-refractivity contribution in [2.75, 3.05) is 0 Å². The van der Waals surface area contributed by atoms with E-state index in [0.29, 0.717) is 0 Å². The van der Waals surface area contributed by atoms with Gasteiger partial charge in [-0.2, -0.15) is 11.1 Å². The molecule has 0 aliphatic carbocycles. The van der Waals surface area contributed by atoms with Gasteiger partial charge in [-0.15, -0.1) is 0 Å². The van der Waals surface area contributed by atoms with Crippen LogP contribution >= 0.6 is 11.1 Å². The maximum Gasteiger partial charge on any atom is 0.214 e. The van der Waals surface area contributed by atoms with Crippen LogP contribution in [0.25, 0.3) is 22.3 Å². The zero-order valence-corrected chi connectivity index (χ0v) is 17.0. The second-order valence-corrected chi connectivity index (χ2v) is 12.3. The van der Waals surface area contributed by atoms with Crippen LogP contribution < -0.4 is 10.4 Å². The van der Waals surface area contributed by atoms with E-state index in [1.165, 1.54) is 32.6 Å². The standard InChI is InChI=1S/C25H21ClSi/c1-27(26,24-16-12-22(13-17-24)20-8-4-2-5-9-20)25-18-14-23(15-19-25)21-10-6-3-7-11-21/h2-19H,1H3. The van der Waals surface area contributed by atoms with Gasteiger partial charge in [0.1, 0.15) is 0 Å². The van der Waals surface area contributed by atoms with Crippen molar-refractivity contribution >= 4 is 28.8 Å². The first kappa shape index (κ1) is 17.8. The molecule has 0 unspecified atom stereocenters. The fourth-order valence-electron chi connectivity index (χ4n) is 3.38. The van der Waals surface area contributed by atoms with Crippen LogP contribution in [0.5, 0.6) is 0 Å². The predicted molar refractivity (Wildman–Crippen MR) is 120 cm³/mol. The minimum Gasteiger partial charge on any atom is -0.155 e. The van der Waals surface area contributed by atoms with E-state index in [4.69, 9.17) is 11.1 Å². The Bertz CT molecular complexity index is 920. The molecular weight excluding hydrogens is 364 g/mol. The van der Waals surface area contributed by atoms with E-state index in [1.54, 1.807) is 0 Å². The fraction of sp³-hybridized carbons (Fsp3) is 0.0400. The lowest BCUT2D eigenvalue weighted by atomic mass is 10.1. The minimum atomic E-state index is -2.23. The summed E-state index contributed by atoms with van der Waals surface area (Å²) in [5.41, 5.74) is 4.91. The molecule has 0 N–H and O–H groups in total. The van der Waals surface area contributed by atoms with Crippen molar-refractivity contribution in [3.63, 3.8) is 0 Å². The molecular formula is C25H21ClSi. The van der Waals surface area contributed by atoms with Crippen molar-refractivity contribution in [2.24, 2.45) is 0 Å². The van der Waals surface area contributed by atoms with Crippen LogP contribution in [0.3, 0.4) is 0 Å². The summed E-state index contributed by atoms with van der Waals surface area (Å²) in [6.07, 6.45) is 0. The third-order valence-corrected chi connectivity index (χ3v) is 9.21. The van der Waals surface area contributed by atoms with Gasteiger partial charge in [0, 0.05) is 0 Å². The van der Waals surface area contributed by atoms with Crippen molar-refractivity contribution in [3.05, 3.63) is 109 Å². The molecule has 4 aromatic rings. The molecule has 0 saturated carbocycles. The molecule has 27 heavy (non-hydrogen) atoms. The van der Waals surface area contributed by atoms with Gasteiger partial charge in [0.25, 0.3) is 0 Å². The Morgan fingerprint density at radius 1 is 0.444 bits per heavy atom. The number of hydrogen-bond acceptors (Lipinski definition) is 0. The average Bonchev–Trinajstić information content (AvgIpc) is 2.75. The van der Waals surface area contributed by atoms with Gasteiger partial charge >= 0.3 is 0 Å². The van der Waals surface area contributed by atoms with E-state index in [9.17, 15) is 0 Å². The van der Waals surface area contributed by atoms with E-state index in [-0.39, 0.29) is 0 Å². The summed E-state index contributed by atoms with van der Waals surface area (Å²) in [4.78, 5) is 0. The number of benzene rings is 4. The van der Waals surface area contributed by atoms with E-state index < -0.39 is 7.38 Å². The normalized spacial score (nSPS) is 11.3. The Morgan fingerprint density at radius 3 is 1.07 bits per heavy atom. The van der Waals surface area contributed by atoms with Gasteiger partial charge in [0.2, 0.25) is 7.38 Å². The lowest BCUT2D eigenvalue weighted by Crippen LogP contribution is -2.50. The van der Waals surface area contributed by atoms with E-state index in [2.05, 4.69) is 104 Å². The second-order valence-electron chi connectivity index (χ2n) is 6.89. The van der Waals surface area contributed by atoms with Gasteiger partial charge in [-0.25, -0.2) is 0 Å². The van der Waals surface area contributed by atoms with Crippen LogP contribution in [0.15, 0.2) is 109 Å². The number of halogens is 1. The van der Waals surface area contributed by atoms with Crippen molar-refractivity contribution in [2.45, 2.75) is 6.55 Å². The zero-order valence-electron chi connectivity index (χ0n) is 15.3. The maximum absolute atomic E-state index is 7.12. The van der Waals surface area contributed by atoms with Crippen LogP contribution in [-0.4, -0.2) is 7.38 Å². The largest absolute Gasteiger partial charge is 0.214 e. The highest BCUT2D eigenvalue weighted by Crippen LogP contribution is 2.21. The van der Waals surface area contributed by atoms with E-state index in [1.807, 2.05) is 12.1 Å². The summed E-state index contributed by atoms with van der Waals surface area (Å²) < 4.78 is 0. The van der Waals surface area contributed by atoms with E-state index in [0.717, 1.165) is 0 Å².